The first-order valence-corrected chi connectivity index (χ1v) is 14.2. The van der Waals surface area contributed by atoms with Crippen molar-refractivity contribution in [3.63, 3.8) is 0 Å². The molecule has 0 aliphatic heterocycles. The van der Waals surface area contributed by atoms with E-state index in [1.165, 1.54) is 34.6 Å². The van der Waals surface area contributed by atoms with Crippen molar-refractivity contribution in [2.75, 3.05) is 0 Å². The number of fused-ring (bicyclic) bond motifs is 3. The number of esters is 5. The Balaban J connectivity index is 2.08. The van der Waals surface area contributed by atoms with Crippen molar-refractivity contribution in [3.8, 4) is 0 Å². The summed E-state index contributed by atoms with van der Waals surface area (Å²) in [5, 5.41) is 23.7. The van der Waals surface area contributed by atoms with Crippen LogP contribution in [0.2, 0.25) is 0 Å². The second-order valence-corrected chi connectivity index (χ2v) is 13.4. The van der Waals surface area contributed by atoms with Gasteiger partial charge in [-0.05, 0) is 23.8 Å². The van der Waals surface area contributed by atoms with Crippen LogP contribution in [-0.4, -0.2) is 82.3 Å². The van der Waals surface area contributed by atoms with Gasteiger partial charge in [-0.2, -0.15) is 0 Å². The molecule has 4 fully saturated rings. The van der Waals surface area contributed by atoms with Crippen molar-refractivity contribution in [1.82, 2.24) is 0 Å². The molecule has 0 amide bonds. The largest absolute Gasteiger partial charge is 0.462 e. The summed E-state index contributed by atoms with van der Waals surface area (Å²) in [4.78, 5) is 62.4. The molecule has 1 spiro atoms. The van der Waals surface area contributed by atoms with Crippen LogP contribution in [0, 0.1) is 28.1 Å². The number of carbonyl (C=O) groups excluding carboxylic acids is 5. The molecule has 2 N–H and O–H groups in total. The van der Waals surface area contributed by atoms with E-state index < -0.39 is 100 Å². The molecule has 0 radical (unpaired) electrons. The van der Waals surface area contributed by atoms with Crippen molar-refractivity contribution in [2.45, 2.75) is 117 Å². The maximum atomic E-state index is 12.7. The summed E-state index contributed by atoms with van der Waals surface area (Å²) in [5.74, 6) is -4.85. The zero-order valence-electron chi connectivity index (χ0n) is 25.4. The van der Waals surface area contributed by atoms with E-state index in [4.69, 9.17) is 23.7 Å². The van der Waals surface area contributed by atoms with Gasteiger partial charge < -0.3 is 33.9 Å². The highest BCUT2D eigenvalue weighted by atomic mass is 16.6. The van der Waals surface area contributed by atoms with Gasteiger partial charge in [0.2, 0.25) is 0 Å². The van der Waals surface area contributed by atoms with Gasteiger partial charge in [-0.15, -0.1) is 0 Å². The smallest absolute Gasteiger partial charge is 0.303 e. The molecular weight excluding hydrogens is 552 g/mol. The van der Waals surface area contributed by atoms with Crippen molar-refractivity contribution in [2.24, 2.45) is 28.1 Å². The lowest BCUT2D eigenvalue weighted by atomic mass is 9.37. The maximum Gasteiger partial charge on any atom is 0.303 e. The van der Waals surface area contributed by atoms with Crippen LogP contribution in [0.4, 0.5) is 0 Å². The molecule has 0 heterocycles. The van der Waals surface area contributed by atoms with Gasteiger partial charge in [0.25, 0.3) is 0 Å². The van der Waals surface area contributed by atoms with Gasteiger partial charge >= 0.3 is 29.8 Å². The molecule has 11 atom stereocenters. The highest BCUT2D eigenvalue weighted by Crippen LogP contribution is 2.74. The number of hydrogen-bond acceptors (Lipinski definition) is 12. The predicted octanol–water partition coefficient (Wildman–Crippen LogP) is 1.77. The van der Waals surface area contributed by atoms with E-state index in [1.807, 2.05) is 6.92 Å². The summed E-state index contributed by atoms with van der Waals surface area (Å²) in [6, 6.07) is 0. The summed E-state index contributed by atoms with van der Waals surface area (Å²) < 4.78 is 29.3. The first kappa shape index (κ1) is 31.9. The summed E-state index contributed by atoms with van der Waals surface area (Å²) in [6.07, 6.45) is -7.11. The second kappa shape index (κ2) is 10.3. The first-order chi connectivity index (χ1) is 19.2. The van der Waals surface area contributed by atoms with E-state index in [0.717, 1.165) is 0 Å². The van der Waals surface area contributed by atoms with Crippen molar-refractivity contribution < 1.29 is 57.9 Å². The number of aliphatic hydroxyl groups is 2. The van der Waals surface area contributed by atoms with Crippen LogP contribution < -0.4 is 0 Å². The fourth-order valence-corrected chi connectivity index (χ4v) is 9.54. The third kappa shape index (κ3) is 4.70. The van der Waals surface area contributed by atoms with Crippen LogP contribution in [0.3, 0.4) is 0 Å². The Kier molecular flexibility index (Phi) is 7.85. The average molecular weight is 595 g/mol. The summed E-state index contributed by atoms with van der Waals surface area (Å²) >= 11 is 0. The van der Waals surface area contributed by atoms with Gasteiger partial charge in [0, 0.05) is 58.3 Å². The van der Waals surface area contributed by atoms with E-state index in [-0.39, 0.29) is 24.8 Å². The monoisotopic (exact) mass is 594 g/mol. The van der Waals surface area contributed by atoms with E-state index in [2.05, 4.69) is 6.58 Å². The fourth-order valence-electron chi connectivity index (χ4n) is 9.54. The molecule has 4 rings (SSSR count). The molecule has 4 saturated carbocycles. The summed E-state index contributed by atoms with van der Waals surface area (Å²) in [5.41, 5.74) is -5.31. The Morgan fingerprint density at radius 2 is 1.19 bits per heavy atom. The minimum absolute atomic E-state index is 0.0466. The SMILES string of the molecule is C=C1[C@H](O)[C@]23C[C@@]1(O)C[C@H](OC(C)=O)[C@H]2[C@]1(C)C[C@H](OC(C)=O)[C@H](OC(C)=O)C(C)(C)[C@H]1[C@@H](OC(C)=O)[C@@H]3OC(C)=O. The highest BCUT2D eigenvalue weighted by Gasteiger charge is 2.81. The standard InChI is InChI=1S/C30H42O12/c1-13-24(36)30-12-29(13,37)11-19(38-14(2)31)22(30)28(9)10-20(39-15(3)32)25(41-17(5)34)27(7,8)23(28)21(40-16(4)33)26(30)42-18(6)35/h19-26,36-37H,1,10-12H2,2-9H3/t19-,20-,21+,22-,23+,24-,25-,26-,28-,29-,30-/m0/s1. The maximum absolute atomic E-state index is 12.7. The van der Waals surface area contributed by atoms with Gasteiger partial charge in [-0.25, -0.2) is 0 Å². The van der Waals surface area contributed by atoms with E-state index in [1.54, 1.807) is 13.8 Å². The molecule has 4 aliphatic rings. The van der Waals surface area contributed by atoms with Crippen molar-refractivity contribution >= 4 is 29.8 Å². The average Bonchev–Trinajstić information content (AvgIpc) is 2.95. The topological polar surface area (TPSA) is 172 Å². The molecule has 4 aliphatic carbocycles. The van der Waals surface area contributed by atoms with E-state index in [9.17, 15) is 34.2 Å². The number of hydrogen-bond donors (Lipinski definition) is 2. The van der Waals surface area contributed by atoms with Crippen LogP contribution in [-0.2, 0) is 47.7 Å². The number of aliphatic hydroxyl groups excluding tert-OH is 1. The Labute approximate surface area is 245 Å². The molecule has 12 nitrogen and oxygen atoms in total. The van der Waals surface area contributed by atoms with Gasteiger partial charge in [-0.3, -0.25) is 24.0 Å². The van der Waals surface area contributed by atoms with Crippen LogP contribution >= 0.6 is 0 Å². The fraction of sp³-hybridized carbons (Fsp3) is 0.767. The van der Waals surface area contributed by atoms with Gasteiger partial charge in [0.1, 0.15) is 30.5 Å². The Bertz CT molecular complexity index is 1210. The molecule has 2 bridgehead atoms. The van der Waals surface area contributed by atoms with E-state index in [0.29, 0.717) is 0 Å². The zero-order chi connectivity index (χ0) is 31.7. The van der Waals surface area contributed by atoms with Crippen LogP contribution in [0.15, 0.2) is 12.2 Å². The molecule has 0 unspecified atom stereocenters. The van der Waals surface area contributed by atoms with Crippen LogP contribution in [0.25, 0.3) is 0 Å². The lowest BCUT2D eigenvalue weighted by Gasteiger charge is -2.69. The Morgan fingerprint density at radius 1 is 0.714 bits per heavy atom. The molecule has 0 aromatic carbocycles. The molecule has 0 aromatic heterocycles. The Morgan fingerprint density at radius 3 is 1.69 bits per heavy atom. The number of rotatable bonds is 5. The van der Waals surface area contributed by atoms with Crippen LogP contribution in [0.1, 0.15) is 74.7 Å². The quantitative estimate of drug-likeness (QED) is 0.269. The van der Waals surface area contributed by atoms with Gasteiger partial charge in [0.05, 0.1) is 17.1 Å². The van der Waals surface area contributed by atoms with Gasteiger partial charge in [0.15, 0.2) is 0 Å². The normalized spacial score (nSPS) is 43.2. The molecule has 42 heavy (non-hydrogen) atoms. The van der Waals surface area contributed by atoms with Crippen LogP contribution in [0.5, 0.6) is 0 Å². The minimum atomic E-state index is -1.68. The zero-order valence-corrected chi connectivity index (χ0v) is 25.4. The molecule has 12 heteroatoms. The minimum Gasteiger partial charge on any atom is -0.462 e. The van der Waals surface area contributed by atoms with Crippen molar-refractivity contribution in [1.29, 1.82) is 0 Å². The molecule has 0 aromatic rings. The number of carbonyl (C=O) groups is 5. The predicted molar refractivity (Wildman–Crippen MR) is 143 cm³/mol. The first-order valence-electron chi connectivity index (χ1n) is 14.2. The Hall–Kier alpha value is -2.99. The number of ether oxygens (including phenoxy) is 5. The summed E-state index contributed by atoms with van der Waals surface area (Å²) in [7, 11) is 0. The lowest BCUT2D eigenvalue weighted by Crippen LogP contribution is -2.77. The molecule has 234 valence electrons. The summed E-state index contributed by atoms with van der Waals surface area (Å²) in [6.45, 7) is 15.5. The molecular formula is C30H42O12. The third-order valence-corrected chi connectivity index (χ3v) is 10.1. The third-order valence-electron chi connectivity index (χ3n) is 10.1. The van der Waals surface area contributed by atoms with E-state index >= 15 is 0 Å². The second-order valence-electron chi connectivity index (χ2n) is 13.4. The van der Waals surface area contributed by atoms with Crippen molar-refractivity contribution in [3.05, 3.63) is 12.2 Å². The molecule has 0 saturated heterocycles. The van der Waals surface area contributed by atoms with Gasteiger partial charge in [-0.1, -0.05) is 27.4 Å². The highest BCUT2D eigenvalue weighted by molar-refractivity contribution is 5.69. The lowest BCUT2D eigenvalue weighted by molar-refractivity contribution is -0.320.